The van der Waals surface area contributed by atoms with E-state index >= 15 is 0 Å². The monoisotopic (exact) mass is 343 g/mol. The molecule has 130 valence electrons. The highest BCUT2D eigenvalue weighted by atomic mass is 16.6. The molecule has 0 saturated carbocycles. The van der Waals surface area contributed by atoms with Crippen LogP contribution >= 0.6 is 0 Å². The molecule has 0 bridgehead atoms. The highest BCUT2D eigenvalue weighted by Crippen LogP contribution is 2.26. The fourth-order valence-electron chi connectivity index (χ4n) is 2.53. The minimum atomic E-state index is -0.478. The Morgan fingerprint density at radius 3 is 2.80 bits per heavy atom. The number of fused-ring (bicyclic) bond motifs is 1. The van der Waals surface area contributed by atoms with Gasteiger partial charge in [-0.2, -0.15) is 5.10 Å². The third-order valence-electron chi connectivity index (χ3n) is 3.68. The lowest BCUT2D eigenvalue weighted by Gasteiger charge is -2.15. The minimum Gasteiger partial charge on any atom is -0.491 e. The van der Waals surface area contributed by atoms with Crippen molar-refractivity contribution >= 4 is 16.7 Å². The maximum absolute atomic E-state index is 12.6. The maximum Gasteiger partial charge on any atom is 0.270 e. The van der Waals surface area contributed by atoms with E-state index in [2.05, 4.69) is 10.1 Å². The van der Waals surface area contributed by atoms with Gasteiger partial charge < -0.3 is 4.74 Å². The van der Waals surface area contributed by atoms with Gasteiger partial charge in [0, 0.05) is 24.7 Å². The predicted octanol–water partition coefficient (Wildman–Crippen LogP) is 1.87. The number of benzene rings is 1. The summed E-state index contributed by atoms with van der Waals surface area (Å²) in [4.78, 5) is 27.4. The zero-order valence-corrected chi connectivity index (χ0v) is 14.0. The van der Waals surface area contributed by atoms with E-state index in [-0.39, 0.29) is 23.9 Å². The average molecular weight is 343 g/mol. The Kier molecular flexibility index (Phi) is 4.22. The van der Waals surface area contributed by atoms with E-state index < -0.39 is 4.92 Å². The van der Waals surface area contributed by atoms with Crippen molar-refractivity contribution in [3.63, 3.8) is 0 Å². The van der Waals surface area contributed by atoms with Gasteiger partial charge in [0.1, 0.15) is 17.5 Å². The van der Waals surface area contributed by atoms with Crippen molar-refractivity contribution in [1.82, 2.24) is 19.3 Å². The summed E-state index contributed by atoms with van der Waals surface area (Å²) >= 11 is 0. The summed E-state index contributed by atoms with van der Waals surface area (Å²) in [6, 6.07) is 4.35. The molecule has 0 amide bonds. The van der Waals surface area contributed by atoms with E-state index in [9.17, 15) is 14.9 Å². The van der Waals surface area contributed by atoms with Crippen LogP contribution in [-0.2, 0) is 13.6 Å². The number of hydrogen-bond acceptors (Lipinski definition) is 6. The number of aryl methyl sites for hydroxylation is 1. The van der Waals surface area contributed by atoms with Crippen LogP contribution in [0.5, 0.6) is 5.75 Å². The fraction of sp³-hybridized carbons (Fsp3) is 0.312. The van der Waals surface area contributed by atoms with Crippen LogP contribution in [-0.4, -0.2) is 30.4 Å². The molecular weight excluding hydrogens is 326 g/mol. The number of aromatic nitrogens is 4. The smallest absolute Gasteiger partial charge is 0.270 e. The molecule has 0 N–H and O–H groups in total. The van der Waals surface area contributed by atoms with Gasteiger partial charge in [-0.05, 0) is 19.9 Å². The number of hydrogen-bond donors (Lipinski definition) is 0. The summed E-state index contributed by atoms with van der Waals surface area (Å²) in [5.74, 6) is 0.499. The zero-order chi connectivity index (χ0) is 18.1. The first-order chi connectivity index (χ1) is 11.9. The largest absolute Gasteiger partial charge is 0.491 e. The number of non-ortho nitro benzene ring substituents is 1. The highest BCUT2D eigenvalue weighted by Gasteiger charge is 2.15. The second-order valence-corrected chi connectivity index (χ2v) is 5.90. The third kappa shape index (κ3) is 3.21. The lowest BCUT2D eigenvalue weighted by molar-refractivity contribution is -0.384. The number of nitro benzene ring substituents is 1. The predicted molar refractivity (Wildman–Crippen MR) is 90.7 cm³/mol. The van der Waals surface area contributed by atoms with Crippen LogP contribution in [0.3, 0.4) is 0 Å². The van der Waals surface area contributed by atoms with Crippen molar-refractivity contribution in [2.75, 3.05) is 0 Å². The first kappa shape index (κ1) is 16.6. The molecule has 0 radical (unpaired) electrons. The van der Waals surface area contributed by atoms with Crippen LogP contribution in [0.25, 0.3) is 11.0 Å². The molecule has 0 aliphatic carbocycles. The van der Waals surface area contributed by atoms with Crippen LogP contribution in [0.1, 0.15) is 19.4 Å². The topological polar surface area (TPSA) is 105 Å². The van der Waals surface area contributed by atoms with Gasteiger partial charge in [0.25, 0.3) is 11.2 Å². The van der Waals surface area contributed by atoms with Crippen LogP contribution in [0, 0.1) is 10.1 Å². The summed E-state index contributed by atoms with van der Waals surface area (Å²) in [5.41, 5.74) is 0.698. The average Bonchev–Trinajstić information content (AvgIpc) is 2.93. The summed E-state index contributed by atoms with van der Waals surface area (Å²) in [7, 11) is 1.70. The van der Waals surface area contributed by atoms with E-state index in [1.165, 1.54) is 33.9 Å². The first-order valence-corrected chi connectivity index (χ1v) is 7.68. The van der Waals surface area contributed by atoms with Gasteiger partial charge in [-0.25, -0.2) is 4.98 Å². The molecule has 1 aromatic carbocycles. The summed E-state index contributed by atoms with van der Waals surface area (Å²) in [6.07, 6.45) is 2.76. The number of nitro groups is 1. The van der Waals surface area contributed by atoms with Crippen LogP contribution in [0.4, 0.5) is 5.69 Å². The van der Waals surface area contributed by atoms with Crippen molar-refractivity contribution in [2.45, 2.75) is 26.5 Å². The van der Waals surface area contributed by atoms with E-state index in [1.54, 1.807) is 13.1 Å². The molecule has 0 aliphatic heterocycles. The van der Waals surface area contributed by atoms with E-state index in [0.717, 1.165) is 0 Å². The third-order valence-corrected chi connectivity index (χ3v) is 3.68. The van der Waals surface area contributed by atoms with E-state index in [4.69, 9.17) is 4.74 Å². The van der Waals surface area contributed by atoms with Gasteiger partial charge in [-0.3, -0.25) is 24.2 Å². The lowest BCUT2D eigenvalue weighted by atomic mass is 10.1. The van der Waals surface area contributed by atoms with Gasteiger partial charge in [0.05, 0.1) is 23.8 Å². The van der Waals surface area contributed by atoms with Gasteiger partial charge >= 0.3 is 0 Å². The van der Waals surface area contributed by atoms with Crippen molar-refractivity contribution in [1.29, 1.82) is 0 Å². The van der Waals surface area contributed by atoms with E-state index in [0.29, 0.717) is 22.3 Å². The molecule has 3 rings (SSSR count). The van der Waals surface area contributed by atoms with Crippen molar-refractivity contribution in [2.24, 2.45) is 7.05 Å². The van der Waals surface area contributed by atoms with Crippen molar-refractivity contribution in [3.05, 3.63) is 56.8 Å². The molecule has 0 spiro atoms. The molecule has 0 atom stereocenters. The lowest BCUT2D eigenvalue weighted by Crippen LogP contribution is -2.21. The zero-order valence-electron chi connectivity index (χ0n) is 14.0. The van der Waals surface area contributed by atoms with Crippen LogP contribution < -0.4 is 10.3 Å². The molecule has 0 unspecified atom stereocenters. The van der Waals surface area contributed by atoms with Gasteiger partial charge in [-0.15, -0.1) is 0 Å². The van der Waals surface area contributed by atoms with Crippen molar-refractivity contribution in [3.8, 4) is 5.75 Å². The van der Waals surface area contributed by atoms with Crippen molar-refractivity contribution < 1.29 is 9.66 Å². The minimum absolute atomic E-state index is 0.0606. The second-order valence-electron chi connectivity index (χ2n) is 5.90. The van der Waals surface area contributed by atoms with Crippen LogP contribution in [0.2, 0.25) is 0 Å². The molecule has 0 aliphatic rings. The normalized spacial score (nSPS) is 11.2. The quantitative estimate of drug-likeness (QED) is 0.517. The molecule has 2 heterocycles. The number of nitrogens with zero attached hydrogens (tertiary/aromatic N) is 5. The molecule has 0 saturated heterocycles. The van der Waals surface area contributed by atoms with Gasteiger partial charge in [-0.1, -0.05) is 0 Å². The Morgan fingerprint density at radius 1 is 1.36 bits per heavy atom. The molecule has 0 fully saturated rings. The molecular formula is C16H17N5O4. The Balaban J connectivity index is 2.06. The first-order valence-electron chi connectivity index (χ1n) is 7.68. The fourth-order valence-corrected chi connectivity index (χ4v) is 2.53. The van der Waals surface area contributed by atoms with Crippen LogP contribution in [0.15, 0.2) is 35.5 Å². The standard InChI is InChI=1S/C16H17N5O4/c1-10(2)25-14-5-4-12(21(23)24)6-11(14)8-20-9-17-15-13(16(20)22)7-18-19(15)3/h4-7,9-10H,8H2,1-3H3. The summed E-state index contributed by atoms with van der Waals surface area (Å²) in [5, 5.41) is 15.5. The molecule has 2 aromatic heterocycles. The second kappa shape index (κ2) is 6.34. The Labute approximate surface area is 142 Å². The molecule has 9 heteroatoms. The summed E-state index contributed by atoms with van der Waals surface area (Å²) < 4.78 is 8.61. The highest BCUT2D eigenvalue weighted by molar-refractivity contribution is 5.72. The van der Waals surface area contributed by atoms with Gasteiger partial charge in [0.2, 0.25) is 0 Å². The van der Waals surface area contributed by atoms with Gasteiger partial charge in [0.15, 0.2) is 5.65 Å². The SMILES string of the molecule is CC(C)Oc1ccc([N+](=O)[O-])cc1Cn1cnc2c(cnn2C)c1=O. The molecule has 3 aromatic rings. The summed E-state index contributed by atoms with van der Waals surface area (Å²) in [6.45, 7) is 3.83. The number of rotatable bonds is 5. The maximum atomic E-state index is 12.6. The molecule has 9 nitrogen and oxygen atoms in total. The Bertz CT molecular complexity index is 1010. The molecule has 25 heavy (non-hydrogen) atoms. The number of ether oxygens (including phenoxy) is 1. The Hall–Kier alpha value is -3.23. The van der Waals surface area contributed by atoms with E-state index in [1.807, 2.05) is 13.8 Å². The Morgan fingerprint density at radius 2 is 2.12 bits per heavy atom.